The predicted molar refractivity (Wildman–Crippen MR) is 51.7 cm³/mol. The van der Waals surface area contributed by atoms with Crippen LogP contribution in [-0.2, 0) is 0 Å². The summed E-state index contributed by atoms with van der Waals surface area (Å²) in [5, 5.41) is 9.23. The number of rotatable bonds is 3. The lowest BCUT2D eigenvalue weighted by Gasteiger charge is -1.95. The van der Waals surface area contributed by atoms with Crippen LogP contribution in [0.5, 0.6) is 0 Å². The topological polar surface area (TPSA) is 93.3 Å². The number of hydrogen-bond donors (Lipinski definition) is 2. The summed E-state index contributed by atoms with van der Waals surface area (Å²) in [6, 6.07) is -0.355. The van der Waals surface area contributed by atoms with Gasteiger partial charge in [0.1, 0.15) is 9.88 Å². The Morgan fingerprint density at radius 3 is 2.43 bits per heavy atom. The molecule has 0 amide bonds. The average Bonchev–Trinajstić information content (AvgIpc) is 2.47. The third-order valence-corrected chi connectivity index (χ3v) is 2.91. The number of Topliss-reactive ketones (excluding diaryl/α,β-unsaturated/α-hetero) is 1. The van der Waals surface area contributed by atoms with Gasteiger partial charge in [-0.1, -0.05) is 0 Å². The Labute approximate surface area is 84.6 Å². The van der Waals surface area contributed by atoms with Crippen LogP contribution >= 0.6 is 11.3 Å². The molecule has 0 aliphatic heterocycles. The van der Waals surface area contributed by atoms with Gasteiger partial charge in [0.25, 0.3) is 0 Å². The van der Waals surface area contributed by atoms with E-state index in [-0.39, 0.29) is 22.4 Å². The fourth-order valence-corrected chi connectivity index (χ4v) is 1.82. The molecule has 0 aromatic carbocycles. The van der Waals surface area contributed by atoms with Crippen molar-refractivity contribution < 1.29 is 14.7 Å². The van der Waals surface area contributed by atoms with Crippen molar-refractivity contribution >= 4 is 23.1 Å². The Hall–Kier alpha value is -1.27. The van der Waals surface area contributed by atoms with Gasteiger partial charge < -0.3 is 10.8 Å². The Kier molecular flexibility index (Phi) is 2.97. The van der Waals surface area contributed by atoms with E-state index < -0.39 is 5.97 Å². The summed E-state index contributed by atoms with van der Waals surface area (Å²) in [4.78, 5) is 25.7. The predicted octanol–water partition coefficient (Wildman–Crippen LogP) is 1.06. The SMILES string of the molecule is CC(=O)c1sc(C(C)N)nc1C(=O)O. The van der Waals surface area contributed by atoms with Gasteiger partial charge in [-0.25, -0.2) is 9.78 Å². The third kappa shape index (κ3) is 1.97. The van der Waals surface area contributed by atoms with Crippen LogP contribution in [0.3, 0.4) is 0 Å². The highest BCUT2D eigenvalue weighted by Crippen LogP contribution is 2.23. The summed E-state index contributed by atoms with van der Waals surface area (Å²) >= 11 is 1.04. The fraction of sp³-hybridized carbons (Fsp3) is 0.375. The molecule has 0 saturated carbocycles. The van der Waals surface area contributed by atoms with E-state index in [1.807, 2.05) is 0 Å². The summed E-state index contributed by atoms with van der Waals surface area (Å²) in [7, 11) is 0. The molecule has 1 aromatic heterocycles. The van der Waals surface area contributed by atoms with E-state index in [1.165, 1.54) is 6.92 Å². The molecule has 14 heavy (non-hydrogen) atoms. The molecule has 1 rings (SSSR count). The Morgan fingerprint density at radius 1 is 1.57 bits per heavy atom. The first-order valence-electron chi connectivity index (χ1n) is 3.94. The molecule has 0 aliphatic rings. The summed E-state index contributed by atoms with van der Waals surface area (Å²) in [5.41, 5.74) is 5.34. The van der Waals surface area contributed by atoms with Crippen molar-refractivity contribution in [3.8, 4) is 0 Å². The van der Waals surface area contributed by atoms with Crippen LogP contribution in [0.15, 0.2) is 0 Å². The van der Waals surface area contributed by atoms with Gasteiger partial charge in [0.2, 0.25) is 0 Å². The Balaban J connectivity index is 3.26. The lowest BCUT2D eigenvalue weighted by atomic mass is 10.3. The fourth-order valence-electron chi connectivity index (χ4n) is 0.915. The molecule has 3 N–H and O–H groups in total. The largest absolute Gasteiger partial charge is 0.476 e. The lowest BCUT2D eigenvalue weighted by molar-refractivity contribution is 0.0687. The molecule has 0 aliphatic carbocycles. The van der Waals surface area contributed by atoms with Crippen molar-refractivity contribution in [3.63, 3.8) is 0 Å². The number of carboxylic acids is 1. The quantitative estimate of drug-likeness (QED) is 0.734. The number of carbonyl (C=O) groups is 2. The number of aromatic carboxylic acids is 1. The van der Waals surface area contributed by atoms with Crippen LogP contribution in [0.25, 0.3) is 0 Å². The zero-order valence-corrected chi connectivity index (χ0v) is 8.59. The molecule has 0 bridgehead atoms. The maximum absolute atomic E-state index is 11.1. The van der Waals surface area contributed by atoms with Crippen LogP contribution in [0.1, 0.15) is 45.1 Å². The summed E-state index contributed by atoms with van der Waals surface area (Å²) in [5.74, 6) is -1.50. The molecule has 0 spiro atoms. The van der Waals surface area contributed by atoms with E-state index >= 15 is 0 Å². The van der Waals surface area contributed by atoms with Crippen molar-refractivity contribution in [1.29, 1.82) is 0 Å². The first kappa shape index (κ1) is 10.8. The number of hydrogen-bond acceptors (Lipinski definition) is 5. The standard InChI is InChI=1S/C8H10N2O3S/c1-3(9)7-10-5(8(12)13)6(14-7)4(2)11/h3H,9H2,1-2H3,(H,12,13). The monoisotopic (exact) mass is 214 g/mol. The van der Waals surface area contributed by atoms with Crippen molar-refractivity contribution in [2.24, 2.45) is 5.73 Å². The number of carbonyl (C=O) groups excluding carboxylic acids is 1. The van der Waals surface area contributed by atoms with Gasteiger partial charge in [-0.15, -0.1) is 11.3 Å². The van der Waals surface area contributed by atoms with E-state index in [4.69, 9.17) is 10.8 Å². The number of aromatic nitrogens is 1. The van der Waals surface area contributed by atoms with Crippen molar-refractivity contribution in [2.75, 3.05) is 0 Å². The zero-order chi connectivity index (χ0) is 10.9. The van der Waals surface area contributed by atoms with Crippen LogP contribution in [0.2, 0.25) is 0 Å². The molecule has 0 saturated heterocycles. The van der Waals surface area contributed by atoms with Crippen molar-refractivity contribution in [1.82, 2.24) is 4.98 Å². The molecular weight excluding hydrogens is 204 g/mol. The first-order chi connectivity index (χ1) is 6.43. The average molecular weight is 214 g/mol. The normalized spacial score (nSPS) is 12.5. The highest BCUT2D eigenvalue weighted by molar-refractivity contribution is 7.14. The van der Waals surface area contributed by atoms with E-state index in [0.717, 1.165) is 11.3 Å². The summed E-state index contributed by atoms with van der Waals surface area (Å²) in [6.07, 6.45) is 0. The van der Waals surface area contributed by atoms with Crippen LogP contribution in [-0.4, -0.2) is 21.8 Å². The molecule has 0 radical (unpaired) electrons. The van der Waals surface area contributed by atoms with E-state index in [9.17, 15) is 9.59 Å². The van der Waals surface area contributed by atoms with Gasteiger partial charge in [-0.3, -0.25) is 4.79 Å². The molecule has 76 valence electrons. The van der Waals surface area contributed by atoms with Gasteiger partial charge in [-0.2, -0.15) is 0 Å². The van der Waals surface area contributed by atoms with Crippen LogP contribution in [0.4, 0.5) is 0 Å². The minimum absolute atomic E-state index is 0.157. The van der Waals surface area contributed by atoms with Gasteiger partial charge in [0.05, 0.1) is 6.04 Å². The lowest BCUT2D eigenvalue weighted by Crippen LogP contribution is -2.06. The van der Waals surface area contributed by atoms with Gasteiger partial charge in [0.15, 0.2) is 11.5 Å². The number of nitrogens with zero attached hydrogens (tertiary/aromatic N) is 1. The molecule has 6 heteroatoms. The second-order valence-electron chi connectivity index (χ2n) is 2.88. The molecule has 1 heterocycles. The van der Waals surface area contributed by atoms with E-state index in [1.54, 1.807) is 6.92 Å². The van der Waals surface area contributed by atoms with E-state index in [2.05, 4.69) is 4.98 Å². The van der Waals surface area contributed by atoms with Crippen LogP contribution < -0.4 is 5.73 Å². The zero-order valence-electron chi connectivity index (χ0n) is 7.77. The number of thiazole rings is 1. The Morgan fingerprint density at radius 2 is 2.14 bits per heavy atom. The third-order valence-electron chi connectivity index (χ3n) is 1.56. The minimum atomic E-state index is -1.20. The van der Waals surface area contributed by atoms with Crippen LogP contribution in [0, 0.1) is 0 Å². The van der Waals surface area contributed by atoms with Crippen molar-refractivity contribution in [2.45, 2.75) is 19.9 Å². The van der Waals surface area contributed by atoms with E-state index in [0.29, 0.717) is 5.01 Å². The summed E-state index contributed by atoms with van der Waals surface area (Å²) in [6.45, 7) is 3.00. The second kappa shape index (κ2) is 3.85. The first-order valence-corrected chi connectivity index (χ1v) is 4.75. The van der Waals surface area contributed by atoms with Gasteiger partial charge in [-0.05, 0) is 6.92 Å². The second-order valence-corrected chi connectivity index (χ2v) is 3.91. The maximum Gasteiger partial charge on any atom is 0.356 e. The summed E-state index contributed by atoms with van der Waals surface area (Å²) < 4.78 is 0. The number of carboxylic acid groups (broad SMARTS) is 1. The highest BCUT2D eigenvalue weighted by Gasteiger charge is 2.21. The smallest absolute Gasteiger partial charge is 0.356 e. The van der Waals surface area contributed by atoms with Crippen molar-refractivity contribution in [3.05, 3.63) is 15.6 Å². The molecule has 0 fully saturated rings. The Bertz CT molecular complexity index is 352. The maximum atomic E-state index is 11.1. The molecule has 1 aromatic rings. The highest BCUT2D eigenvalue weighted by atomic mass is 32.1. The van der Waals surface area contributed by atoms with Gasteiger partial charge >= 0.3 is 5.97 Å². The minimum Gasteiger partial charge on any atom is -0.476 e. The molecule has 1 atom stereocenters. The number of nitrogens with two attached hydrogens (primary N) is 1. The molecule has 1 unspecified atom stereocenters. The molecular formula is C8H10N2O3S. The number of ketones is 1. The molecule has 5 nitrogen and oxygen atoms in total. The van der Waals surface area contributed by atoms with Gasteiger partial charge in [0, 0.05) is 6.92 Å².